The van der Waals surface area contributed by atoms with Crippen molar-refractivity contribution in [1.29, 1.82) is 0 Å². The van der Waals surface area contributed by atoms with E-state index in [1.807, 2.05) is 17.8 Å². The van der Waals surface area contributed by atoms with Crippen LogP contribution in [-0.4, -0.2) is 36.5 Å². The van der Waals surface area contributed by atoms with E-state index in [4.69, 9.17) is 0 Å². The van der Waals surface area contributed by atoms with E-state index in [0.29, 0.717) is 5.75 Å². The highest BCUT2D eigenvalue weighted by molar-refractivity contribution is 7.91. The molecule has 1 unspecified atom stereocenters. The molecule has 102 valence electrons. The topological polar surface area (TPSA) is 64.0 Å². The highest BCUT2D eigenvalue weighted by Crippen LogP contribution is 2.28. The second-order valence-corrected chi connectivity index (χ2v) is 7.70. The first kappa shape index (κ1) is 13.5. The van der Waals surface area contributed by atoms with Crippen LogP contribution in [0.1, 0.15) is 38.4 Å². The van der Waals surface area contributed by atoms with Crippen molar-refractivity contribution in [3.8, 4) is 0 Å². The number of sulfone groups is 1. The van der Waals surface area contributed by atoms with Crippen LogP contribution >= 0.6 is 0 Å². The van der Waals surface area contributed by atoms with Crippen molar-refractivity contribution in [2.75, 3.05) is 18.6 Å². The van der Waals surface area contributed by atoms with Gasteiger partial charge < -0.3 is 9.88 Å². The molecule has 1 fully saturated rings. The van der Waals surface area contributed by atoms with Gasteiger partial charge in [-0.1, -0.05) is 0 Å². The summed E-state index contributed by atoms with van der Waals surface area (Å²) in [7, 11) is -0.998. The van der Waals surface area contributed by atoms with E-state index in [9.17, 15) is 8.42 Å². The predicted molar refractivity (Wildman–Crippen MR) is 71.2 cm³/mol. The molecule has 0 saturated carbocycles. The Morgan fingerprint density at radius 2 is 2.22 bits per heavy atom. The van der Waals surface area contributed by atoms with Crippen LogP contribution in [0.4, 0.5) is 0 Å². The third-order valence-corrected chi connectivity index (χ3v) is 5.57. The molecular formula is C12H21N3O2S. The summed E-state index contributed by atoms with van der Waals surface area (Å²) in [4.78, 5) is 4.19. The number of hydrogen-bond donors (Lipinski definition) is 1. The van der Waals surface area contributed by atoms with Crippen molar-refractivity contribution < 1.29 is 8.42 Å². The maximum absolute atomic E-state index is 11.7. The van der Waals surface area contributed by atoms with Gasteiger partial charge in [-0.3, -0.25) is 0 Å². The molecule has 0 amide bonds. The molecule has 0 bridgehead atoms. The summed E-state index contributed by atoms with van der Waals surface area (Å²) >= 11 is 0. The van der Waals surface area contributed by atoms with E-state index in [2.05, 4.69) is 24.1 Å². The Morgan fingerprint density at radius 3 is 2.83 bits per heavy atom. The van der Waals surface area contributed by atoms with Crippen LogP contribution in [0, 0.1) is 0 Å². The van der Waals surface area contributed by atoms with Crippen LogP contribution in [0.25, 0.3) is 0 Å². The van der Waals surface area contributed by atoms with Crippen LogP contribution in [0.5, 0.6) is 0 Å². The molecule has 1 aliphatic rings. The van der Waals surface area contributed by atoms with E-state index in [-0.39, 0.29) is 17.3 Å². The number of imidazole rings is 1. The van der Waals surface area contributed by atoms with Crippen LogP contribution in [0.15, 0.2) is 12.5 Å². The molecule has 0 aromatic carbocycles. The van der Waals surface area contributed by atoms with Crippen LogP contribution in [-0.2, 0) is 15.4 Å². The van der Waals surface area contributed by atoms with E-state index in [1.165, 1.54) is 0 Å². The number of rotatable bonds is 3. The molecule has 1 saturated heterocycles. The lowest BCUT2D eigenvalue weighted by molar-refractivity contribution is 0.376. The average molecular weight is 271 g/mol. The molecule has 0 spiro atoms. The van der Waals surface area contributed by atoms with E-state index < -0.39 is 9.84 Å². The Kier molecular flexibility index (Phi) is 3.51. The second kappa shape index (κ2) is 4.66. The first-order chi connectivity index (χ1) is 8.36. The van der Waals surface area contributed by atoms with Crippen molar-refractivity contribution in [2.45, 2.75) is 38.3 Å². The zero-order valence-electron chi connectivity index (χ0n) is 11.2. The molecule has 1 atom stereocenters. The summed E-state index contributed by atoms with van der Waals surface area (Å²) in [5.74, 6) is 0.555. The normalized spacial score (nSPS) is 24.1. The highest BCUT2D eigenvalue weighted by atomic mass is 32.2. The second-order valence-electron chi connectivity index (χ2n) is 5.47. The minimum atomic E-state index is -2.90. The molecule has 2 rings (SSSR count). The van der Waals surface area contributed by atoms with Crippen molar-refractivity contribution in [3.63, 3.8) is 0 Å². The molecule has 1 N–H and O–H groups in total. The van der Waals surface area contributed by atoms with Gasteiger partial charge in [0.25, 0.3) is 0 Å². The van der Waals surface area contributed by atoms with E-state index in [0.717, 1.165) is 18.5 Å². The highest BCUT2D eigenvalue weighted by Gasteiger charge is 2.30. The molecule has 1 aliphatic heterocycles. The van der Waals surface area contributed by atoms with Gasteiger partial charge in [0.2, 0.25) is 0 Å². The molecule has 0 radical (unpaired) electrons. The minimum Gasteiger partial charge on any atom is -0.329 e. The first-order valence-corrected chi connectivity index (χ1v) is 8.09. The van der Waals surface area contributed by atoms with Crippen molar-refractivity contribution in [2.24, 2.45) is 0 Å². The lowest BCUT2D eigenvalue weighted by Gasteiger charge is -2.31. The van der Waals surface area contributed by atoms with Crippen molar-refractivity contribution in [1.82, 2.24) is 14.9 Å². The van der Waals surface area contributed by atoms with Gasteiger partial charge in [0.1, 0.15) is 0 Å². The number of aromatic nitrogens is 2. The zero-order chi connectivity index (χ0) is 13.4. The fourth-order valence-electron chi connectivity index (χ4n) is 2.43. The third-order valence-electron chi connectivity index (χ3n) is 3.76. The summed E-state index contributed by atoms with van der Waals surface area (Å²) < 4.78 is 25.5. The molecule has 2 heterocycles. The lowest BCUT2D eigenvalue weighted by Crippen LogP contribution is -2.37. The van der Waals surface area contributed by atoms with Gasteiger partial charge in [-0.15, -0.1) is 0 Å². The summed E-state index contributed by atoms with van der Waals surface area (Å²) in [5.41, 5.74) is 0.824. The third kappa shape index (κ3) is 2.59. The minimum absolute atomic E-state index is 0.0221. The fourth-order valence-corrected chi connectivity index (χ4v) is 4.11. The molecule has 0 aliphatic carbocycles. The molecule has 1 aromatic rings. The maximum atomic E-state index is 11.7. The zero-order valence-corrected chi connectivity index (χ0v) is 12.0. The summed E-state index contributed by atoms with van der Waals surface area (Å²) in [6.45, 7) is 4.13. The average Bonchev–Trinajstić information content (AvgIpc) is 2.77. The SMILES string of the molecule is CNC(C)(C)c1cncn1C1CCCS(=O)(=O)C1. The van der Waals surface area contributed by atoms with Gasteiger partial charge in [0.15, 0.2) is 9.84 Å². The Labute approximate surface area is 109 Å². The van der Waals surface area contributed by atoms with Gasteiger partial charge in [0, 0.05) is 6.04 Å². The van der Waals surface area contributed by atoms with Crippen molar-refractivity contribution in [3.05, 3.63) is 18.2 Å². The van der Waals surface area contributed by atoms with Gasteiger partial charge >= 0.3 is 0 Å². The molecular weight excluding hydrogens is 250 g/mol. The van der Waals surface area contributed by atoms with E-state index in [1.54, 1.807) is 6.33 Å². The fraction of sp³-hybridized carbons (Fsp3) is 0.750. The number of nitrogens with zero attached hydrogens (tertiary/aromatic N) is 2. The summed E-state index contributed by atoms with van der Waals surface area (Å²) in [6.07, 6.45) is 5.21. The van der Waals surface area contributed by atoms with Gasteiger partial charge in [-0.2, -0.15) is 0 Å². The van der Waals surface area contributed by atoms with E-state index >= 15 is 0 Å². The van der Waals surface area contributed by atoms with Gasteiger partial charge in [-0.25, -0.2) is 13.4 Å². The first-order valence-electron chi connectivity index (χ1n) is 6.27. The Hall–Kier alpha value is -0.880. The Morgan fingerprint density at radius 1 is 1.50 bits per heavy atom. The predicted octanol–water partition coefficient (Wildman–Crippen LogP) is 1.09. The standard InChI is InChI=1S/C12H21N3O2S/c1-12(2,13-3)11-7-14-9-15(11)10-5-4-6-18(16,17)8-10/h7,9-10,13H,4-6,8H2,1-3H3. The lowest BCUT2D eigenvalue weighted by atomic mass is 10.0. The molecule has 6 heteroatoms. The number of hydrogen-bond acceptors (Lipinski definition) is 4. The summed E-state index contributed by atoms with van der Waals surface area (Å²) in [5, 5.41) is 3.23. The smallest absolute Gasteiger partial charge is 0.152 e. The quantitative estimate of drug-likeness (QED) is 0.893. The summed E-state index contributed by atoms with van der Waals surface area (Å²) in [6, 6.07) is 0.0221. The molecule has 18 heavy (non-hydrogen) atoms. The molecule has 1 aromatic heterocycles. The Balaban J connectivity index is 2.32. The Bertz CT molecular complexity index is 519. The van der Waals surface area contributed by atoms with Crippen LogP contribution in [0.3, 0.4) is 0 Å². The monoisotopic (exact) mass is 271 g/mol. The number of nitrogens with one attached hydrogen (secondary N) is 1. The van der Waals surface area contributed by atoms with Gasteiger partial charge in [0.05, 0.1) is 35.3 Å². The maximum Gasteiger partial charge on any atom is 0.152 e. The largest absolute Gasteiger partial charge is 0.329 e. The van der Waals surface area contributed by atoms with Crippen LogP contribution < -0.4 is 5.32 Å². The van der Waals surface area contributed by atoms with Gasteiger partial charge in [-0.05, 0) is 33.7 Å². The van der Waals surface area contributed by atoms with Crippen LogP contribution in [0.2, 0.25) is 0 Å². The molecule has 5 nitrogen and oxygen atoms in total. The van der Waals surface area contributed by atoms with Crippen molar-refractivity contribution >= 4 is 9.84 Å².